The topological polar surface area (TPSA) is 94.9 Å². The van der Waals surface area contributed by atoms with E-state index in [9.17, 15) is 14.4 Å². The molecule has 2 amide bonds. The van der Waals surface area contributed by atoms with Gasteiger partial charge in [0, 0.05) is 0 Å². The highest BCUT2D eigenvalue weighted by molar-refractivity contribution is 6.21. The Balaban J connectivity index is 2.27. The number of β-amino-alcohol motifs (C(OH)–C–C–N with tert-alkyl or cyclic N) is 1. The van der Waals surface area contributed by atoms with Crippen molar-refractivity contribution < 1.29 is 24.6 Å². The Morgan fingerprint density at radius 3 is 2.06 bits per heavy atom. The molecule has 1 unspecified atom stereocenters. The fourth-order valence-electron chi connectivity index (χ4n) is 1.66. The van der Waals surface area contributed by atoms with Gasteiger partial charge < -0.3 is 10.2 Å². The quantitative estimate of drug-likeness (QED) is 0.703. The van der Waals surface area contributed by atoms with Crippen LogP contribution in [0.25, 0.3) is 0 Å². The highest BCUT2D eigenvalue weighted by atomic mass is 16.4. The molecule has 2 N–H and O–H groups in total. The number of rotatable bonds is 3. The van der Waals surface area contributed by atoms with Gasteiger partial charge in [0.15, 0.2) is 6.10 Å². The number of carboxylic acid groups (broad SMARTS) is 1. The number of aliphatic hydroxyl groups is 1. The number of aliphatic hydroxyl groups excluding tert-OH is 1. The highest BCUT2D eigenvalue weighted by Gasteiger charge is 2.37. The van der Waals surface area contributed by atoms with E-state index < -0.39 is 30.4 Å². The molecular weight excluding hydrogens is 226 g/mol. The first-order valence-electron chi connectivity index (χ1n) is 4.88. The van der Waals surface area contributed by atoms with Crippen molar-refractivity contribution in [2.45, 2.75) is 6.10 Å². The summed E-state index contributed by atoms with van der Waals surface area (Å²) >= 11 is 0. The maximum Gasteiger partial charge on any atom is 0.334 e. The largest absolute Gasteiger partial charge is 0.479 e. The number of nitrogens with zero attached hydrogens (tertiary/aromatic N) is 1. The summed E-state index contributed by atoms with van der Waals surface area (Å²) in [7, 11) is 0. The van der Waals surface area contributed by atoms with Gasteiger partial charge in [-0.2, -0.15) is 0 Å². The number of fused-ring (bicyclic) bond motifs is 1. The van der Waals surface area contributed by atoms with Crippen molar-refractivity contribution in [3.05, 3.63) is 35.4 Å². The molecule has 6 heteroatoms. The first-order chi connectivity index (χ1) is 8.02. The lowest BCUT2D eigenvalue weighted by molar-refractivity contribution is -0.146. The van der Waals surface area contributed by atoms with Crippen molar-refractivity contribution in [2.75, 3.05) is 6.54 Å². The van der Waals surface area contributed by atoms with E-state index in [1.54, 1.807) is 12.1 Å². The minimum absolute atomic E-state index is 0.232. The highest BCUT2D eigenvalue weighted by Crippen LogP contribution is 2.22. The summed E-state index contributed by atoms with van der Waals surface area (Å²) in [6, 6.07) is 6.20. The van der Waals surface area contributed by atoms with Crippen LogP contribution in [0.5, 0.6) is 0 Å². The molecule has 0 radical (unpaired) electrons. The van der Waals surface area contributed by atoms with Crippen LogP contribution < -0.4 is 0 Å². The van der Waals surface area contributed by atoms with Gasteiger partial charge in [0.2, 0.25) is 0 Å². The summed E-state index contributed by atoms with van der Waals surface area (Å²) < 4.78 is 0. The summed E-state index contributed by atoms with van der Waals surface area (Å²) in [5.74, 6) is -2.63. The monoisotopic (exact) mass is 235 g/mol. The molecule has 17 heavy (non-hydrogen) atoms. The van der Waals surface area contributed by atoms with Crippen LogP contribution in [0.3, 0.4) is 0 Å². The second kappa shape index (κ2) is 3.99. The Labute approximate surface area is 96.1 Å². The second-order valence-electron chi connectivity index (χ2n) is 3.62. The van der Waals surface area contributed by atoms with Crippen LogP contribution in [-0.2, 0) is 4.79 Å². The average molecular weight is 235 g/mol. The van der Waals surface area contributed by atoms with Gasteiger partial charge in [-0.25, -0.2) is 4.79 Å². The number of benzene rings is 1. The van der Waals surface area contributed by atoms with Crippen LogP contribution in [0.4, 0.5) is 0 Å². The standard InChI is InChI=1S/C11H9NO5/c13-8(11(16)17)5-12-9(14)6-3-1-2-4-7(6)10(12)15/h1-4,8,13H,5H2,(H,16,17). The van der Waals surface area contributed by atoms with E-state index in [2.05, 4.69) is 0 Å². The Morgan fingerprint density at radius 1 is 1.18 bits per heavy atom. The van der Waals surface area contributed by atoms with E-state index >= 15 is 0 Å². The SMILES string of the molecule is O=C(O)C(O)CN1C(=O)c2ccccc2C1=O. The lowest BCUT2D eigenvalue weighted by Crippen LogP contribution is -2.40. The van der Waals surface area contributed by atoms with Crippen molar-refractivity contribution in [2.24, 2.45) is 0 Å². The summed E-state index contributed by atoms with van der Waals surface area (Å²) in [6.45, 7) is -0.540. The molecule has 0 spiro atoms. The predicted molar refractivity (Wildman–Crippen MR) is 55.5 cm³/mol. The average Bonchev–Trinajstić information content (AvgIpc) is 2.55. The van der Waals surface area contributed by atoms with Gasteiger partial charge >= 0.3 is 5.97 Å². The van der Waals surface area contributed by atoms with E-state index in [-0.39, 0.29) is 11.1 Å². The maximum atomic E-state index is 11.8. The molecule has 6 nitrogen and oxygen atoms in total. The Kier molecular flexibility index (Phi) is 2.64. The Bertz CT molecular complexity index is 475. The van der Waals surface area contributed by atoms with Gasteiger partial charge in [-0.3, -0.25) is 14.5 Å². The summed E-state index contributed by atoms with van der Waals surface area (Å²) in [4.78, 5) is 34.7. The van der Waals surface area contributed by atoms with Gasteiger partial charge in [-0.1, -0.05) is 12.1 Å². The second-order valence-corrected chi connectivity index (χ2v) is 3.62. The predicted octanol–water partition coefficient (Wildman–Crippen LogP) is -0.272. The molecule has 0 saturated heterocycles. The van der Waals surface area contributed by atoms with E-state index in [4.69, 9.17) is 10.2 Å². The maximum absolute atomic E-state index is 11.8. The normalized spacial score (nSPS) is 15.9. The molecule has 0 fully saturated rings. The molecule has 1 aromatic carbocycles. The van der Waals surface area contributed by atoms with Gasteiger partial charge in [-0.15, -0.1) is 0 Å². The smallest absolute Gasteiger partial charge is 0.334 e. The van der Waals surface area contributed by atoms with E-state index in [1.807, 2.05) is 0 Å². The number of hydrogen-bond acceptors (Lipinski definition) is 4. The molecule has 2 rings (SSSR count). The molecule has 1 aliphatic rings. The molecule has 0 saturated carbocycles. The number of hydrogen-bond donors (Lipinski definition) is 2. The molecule has 0 aliphatic carbocycles. The number of aliphatic carboxylic acids is 1. The lowest BCUT2D eigenvalue weighted by atomic mass is 10.1. The van der Waals surface area contributed by atoms with Crippen LogP contribution in [0, 0.1) is 0 Å². The van der Waals surface area contributed by atoms with Gasteiger partial charge in [0.1, 0.15) is 0 Å². The fraction of sp³-hybridized carbons (Fsp3) is 0.182. The minimum Gasteiger partial charge on any atom is -0.479 e. The van der Waals surface area contributed by atoms with E-state index in [0.29, 0.717) is 0 Å². The van der Waals surface area contributed by atoms with Crippen molar-refractivity contribution >= 4 is 17.8 Å². The van der Waals surface area contributed by atoms with Gasteiger partial charge in [-0.05, 0) is 12.1 Å². The third kappa shape index (κ3) is 1.78. The molecule has 0 aromatic heterocycles. The van der Waals surface area contributed by atoms with E-state index in [0.717, 1.165) is 4.90 Å². The van der Waals surface area contributed by atoms with Crippen molar-refractivity contribution in [1.29, 1.82) is 0 Å². The molecular formula is C11H9NO5. The molecule has 1 atom stereocenters. The van der Waals surface area contributed by atoms with Gasteiger partial charge in [0.05, 0.1) is 17.7 Å². The van der Waals surface area contributed by atoms with Crippen LogP contribution in [-0.4, -0.2) is 45.5 Å². The zero-order valence-electron chi connectivity index (χ0n) is 8.66. The number of imide groups is 1. The van der Waals surface area contributed by atoms with Crippen molar-refractivity contribution in [3.63, 3.8) is 0 Å². The number of carboxylic acids is 1. The van der Waals surface area contributed by atoms with Crippen LogP contribution in [0.1, 0.15) is 20.7 Å². The van der Waals surface area contributed by atoms with E-state index in [1.165, 1.54) is 12.1 Å². The van der Waals surface area contributed by atoms with Crippen molar-refractivity contribution in [1.82, 2.24) is 4.90 Å². The fourth-order valence-corrected chi connectivity index (χ4v) is 1.66. The van der Waals surface area contributed by atoms with Crippen LogP contribution in [0.2, 0.25) is 0 Å². The molecule has 88 valence electrons. The summed E-state index contributed by atoms with van der Waals surface area (Å²) in [5.41, 5.74) is 0.463. The molecule has 0 bridgehead atoms. The number of amides is 2. The van der Waals surface area contributed by atoms with Crippen LogP contribution >= 0.6 is 0 Å². The van der Waals surface area contributed by atoms with Crippen LogP contribution in [0.15, 0.2) is 24.3 Å². The summed E-state index contributed by atoms with van der Waals surface area (Å²) in [5, 5.41) is 17.7. The zero-order valence-corrected chi connectivity index (χ0v) is 8.66. The zero-order chi connectivity index (χ0) is 12.6. The Hall–Kier alpha value is -2.21. The number of carbonyl (C=O) groups excluding carboxylic acids is 2. The van der Waals surface area contributed by atoms with Gasteiger partial charge in [0.25, 0.3) is 11.8 Å². The lowest BCUT2D eigenvalue weighted by Gasteiger charge is -2.15. The Morgan fingerprint density at radius 2 is 1.65 bits per heavy atom. The first-order valence-corrected chi connectivity index (χ1v) is 4.88. The van der Waals surface area contributed by atoms with Crippen molar-refractivity contribution in [3.8, 4) is 0 Å². The number of carbonyl (C=O) groups is 3. The molecule has 1 heterocycles. The molecule has 1 aromatic rings. The third-order valence-electron chi connectivity index (χ3n) is 2.52. The minimum atomic E-state index is -1.77. The molecule has 1 aliphatic heterocycles. The summed E-state index contributed by atoms with van der Waals surface area (Å²) in [6.07, 6.45) is -1.77. The third-order valence-corrected chi connectivity index (χ3v) is 2.52. The first kappa shape index (κ1) is 11.3.